The molecule has 226 valence electrons. The van der Waals surface area contributed by atoms with Gasteiger partial charge in [-0.05, 0) is 68.3 Å². The Morgan fingerprint density at radius 1 is 1.20 bits per heavy atom. The Bertz CT molecular complexity index is 963. The summed E-state index contributed by atoms with van der Waals surface area (Å²) in [4.78, 5) is 34.9. The van der Waals surface area contributed by atoms with Crippen LogP contribution in [0.15, 0.2) is 23.8 Å². The molecule has 1 heterocycles. The van der Waals surface area contributed by atoms with Gasteiger partial charge >= 0.3 is 11.9 Å². The van der Waals surface area contributed by atoms with E-state index in [0.717, 1.165) is 38.5 Å². The molecule has 0 aromatic carbocycles. The molecule has 1 saturated carbocycles. The lowest BCUT2D eigenvalue weighted by molar-refractivity contribution is -0.162. The molecule has 2 fully saturated rings. The summed E-state index contributed by atoms with van der Waals surface area (Å²) in [5.41, 5.74) is 4.55. The molecule has 1 amide bonds. The molecule has 4 rings (SSSR count). The first-order valence-corrected chi connectivity index (χ1v) is 15.0. The van der Waals surface area contributed by atoms with E-state index in [4.69, 9.17) is 15.2 Å². The zero-order valence-electron chi connectivity index (χ0n) is 24.5. The van der Waals surface area contributed by atoms with Gasteiger partial charge in [-0.1, -0.05) is 52.3 Å². The summed E-state index contributed by atoms with van der Waals surface area (Å²) in [7, 11) is 0. The van der Waals surface area contributed by atoms with Gasteiger partial charge in [-0.25, -0.2) is 0 Å². The third-order valence-corrected chi connectivity index (χ3v) is 9.20. The van der Waals surface area contributed by atoms with Crippen LogP contribution < -0.4 is 5.73 Å². The third kappa shape index (κ3) is 7.95. The topological polar surface area (TPSA) is 156 Å². The minimum absolute atomic E-state index is 0.0854. The summed E-state index contributed by atoms with van der Waals surface area (Å²) in [5, 5.41) is 28.6. The van der Waals surface area contributed by atoms with Crippen molar-refractivity contribution < 1.29 is 39.2 Å². The lowest BCUT2D eigenvalue weighted by Crippen LogP contribution is -2.54. The van der Waals surface area contributed by atoms with Crippen molar-refractivity contribution in [3.05, 3.63) is 23.8 Å². The molecule has 0 aromatic rings. The van der Waals surface area contributed by atoms with Gasteiger partial charge in [-0.2, -0.15) is 0 Å². The van der Waals surface area contributed by atoms with E-state index in [0.29, 0.717) is 30.6 Å². The predicted molar refractivity (Wildman–Crippen MR) is 149 cm³/mol. The molecule has 9 nitrogen and oxygen atoms in total. The van der Waals surface area contributed by atoms with Crippen molar-refractivity contribution in [2.75, 3.05) is 0 Å². The Morgan fingerprint density at radius 3 is 2.52 bits per heavy atom. The summed E-state index contributed by atoms with van der Waals surface area (Å²) in [6, 6.07) is 0. The summed E-state index contributed by atoms with van der Waals surface area (Å²) in [6.07, 6.45) is 11.1. The summed E-state index contributed by atoms with van der Waals surface area (Å²) >= 11 is 0. The number of carbonyl (C=O) groups is 3. The highest BCUT2D eigenvalue weighted by Gasteiger charge is 2.43. The average Bonchev–Trinajstić information content (AvgIpc) is 2.89. The summed E-state index contributed by atoms with van der Waals surface area (Å²) in [6.45, 7) is 8.33. The van der Waals surface area contributed by atoms with Gasteiger partial charge in [-0.15, -0.1) is 0 Å². The number of ether oxygens (including phenoxy) is 2. The van der Waals surface area contributed by atoms with Crippen LogP contribution in [0.1, 0.15) is 91.9 Å². The fraction of sp³-hybridized carbons (Fsp3) is 0.774. The molecule has 40 heavy (non-hydrogen) atoms. The molecular formula is C31H49NO8. The maximum Gasteiger partial charge on any atom is 0.308 e. The Balaban J connectivity index is 0.000000336. The standard InChI is InChI=1S/C24H36O5.C7H13NO3/c1-5-15(3)24(27)29-21-11-14(2)10-17-7-6-16(4)20(23(17)21)9-8-19-12-18(25)13-22(26)28-19;8-6(10)7(11)4-2-1-3-5(7)9/h6-7,10,14-16,18-21,23,25H,5,8-9,11-13H2,1-4H3;5,9,11H,1-4H2,(H2,8,10)/t14-,15-,16-,18+,19-,20-,21-,23-;/m0./s1. The number of hydrogen-bond acceptors (Lipinski definition) is 8. The minimum atomic E-state index is -1.67. The van der Waals surface area contributed by atoms with Crippen LogP contribution in [-0.2, 0) is 23.9 Å². The van der Waals surface area contributed by atoms with Gasteiger partial charge < -0.3 is 30.5 Å². The molecule has 2 unspecified atom stereocenters. The molecular weight excluding hydrogens is 514 g/mol. The molecule has 0 radical (unpaired) electrons. The van der Waals surface area contributed by atoms with Crippen molar-refractivity contribution in [1.82, 2.24) is 0 Å². The zero-order chi connectivity index (χ0) is 29.6. The van der Waals surface area contributed by atoms with Crippen molar-refractivity contribution in [2.24, 2.45) is 35.3 Å². The minimum Gasteiger partial charge on any atom is -0.462 e. The van der Waals surface area contributed by atoms with Gasteiger partial charge in [-0.3, -0.25) is 14.4 Å². The van der Waals surface area contributed by atoms with Crippen molar-refractivity contribution in [3.8, 4) is 0 Å². The second kappa shape index (κ2) is 14.1. The third-order valence-electron chi connectivity index (χ3n) is 9.20. The van der Waals surface area contributed by atoms with Crippen LogP contribution in [0.3, 0.4) is 0 Å². The van der Waals surface area contributed by atoms with Crippen molar-refractivity contribution in [2.45, 2.75) is 122 Å². The van der Waals surface area contributed by atoms with E-state index in [-0.39, 0.29) is 48.8 Å². The highest BCUT2D eigenvalue weighted by atomic mass is 16.6. The van der Waals surface area contributed by atoms with E-state index in [9.17, 15) is 29.7 Å². The molecule has 0 bridgehead atoms. The number of aliphatic hydroxyl groups excluding tert-OH is 2. The maximum absolute atomic E-state index is 12.5. The lowest BCUT2D eigenvalue weighted by Gasteiger charge is -2.43. The number of nitrogens with two attached hydrogens (primary N) is 1. The molecule has 5 N–H and O–H groups in total. The number of cyclic esters (lactones) is 1. The number of fused-ring (bicyclic) bond motifs is 1. The molecule has 0 aromatic heterocycles. The quantitative estimate of drug-likeness (QED) is 0.344. The van der Waals surface area contributed by atoms with Gasteiger partial charge in [0.2, 0.25) is 0 Å². The summed E-state index contributed by atoms with van der Waals surface area (Å²) < 4.78 is 11.5. The molecule has 1 saturated heterocycles. The van der Waals surface area contributed by atoms with Crippen molar-refractivity contribution in [1.29, 1.82) is 0 Å². The fourth-order valence-corrected chi connectivity index (χ4v) is 6.49. The Labute approximate surface area is 238 Å². The van der Waals surface area contributed by atoms with E-state index >= 15 is 0 Å². The number of amides is 1. The van der Waals surface area contributed by atoms with E-state index in [1.807, 2.05) is 13.8 Å². The van der Waals surface area contributed by atoms with Crippen molar-refractivity contribution >= 4 is 17.8 Å². The van der Waals surface area contributed by atoms with Crippen LogP contribution in [-0.4, -0.2) is 63.2 Å². The molecule has 10 atom stereocenters. The van der Waals surface area contributed by atoms with Crippen LogP contribution in [0, 0.1) is 29.6 Å². The van der Waals surface area contributed by atoms with Gasteiger partial charge in [0.05, 0.1) is 24.5 Å². The second-order valence-corrected chi connectivity index (χ2v) is 12.4. The van der Waals surface area contributed by atoms with Crippen LogP contribution in [0.5, 0.6) is 0 Å². The largest absolute Gasteiger partial charge is 0.462 e. The Hall–Kier alpha value is -2.23. The molecule has 3 aliphatic carbocycles. The van der Waals surface area contributed by atoms with Crippen LogP contribution >= 0.6 is 0 Å². The number of hydrogen-bond donors (Lipinski definition) is 4. The number of rotatable bonds is 7. The van der Waals surface area contributed by atoms with E-state index in [1.54, 1.807) is 0 Å². The number of primary amides is 1. The normalized spacial score (nSPS) is 38.1. The smallest absolute Gasteiger partial charge is 0.308 e. The van der Waals surface area contributed by atoms with E-state index in [2.05, 4.69) is 32.1 Å². The van der Waals surface area contributed by atoms with Crippen molar-refractivity contribution in [3.63, 3.8) is 0 Å². The monoisotopic (exact) mass is 563 g/mol. The van der Waals surface area contributed by atoms with Gasteiger partial charge in [0, 0.05) is 12.3 Å². The lowest BCUT2D eigenvalue weighted by atomic mass is 9.65. The molecule has 0 spiro atoms. The van der Waals surface area contributed by atoms with E-state index < -0.39 is 23.7 Å². The first-order chi connectivity index (χ1) is 18.8. The fourth-order valence-electron chi connectivity index (χ4n) is 6.49. The molecule has 9 heteroatoms. The van der Waals surface area contributed by atoms with E-state index in [1.165, 1.54) is 5.57 Å². The highest BCUT2D eigenvalue weighted by molar-refractivity contribution is 5.84. The van der Waals surface area contributed by atoms with Crippen LogP contribution in [0.25, 0.3) is 0 Å². The van der Waals surface area contributed by atoms with Gasteiger partial charge in [0.25, 0.3) is 5.91 Å². The molecule has 1 aliphatic heterocycles. The van der Waals surface area contributed by atoms with Crippen LogP contribution in [0.2, 0.25) is 0 Å². The first kappa shape index (κ1) is 32.3. The van der Waals surface area contributed by atoms with Gasteiger partial charge in [0.15, 0.2) is 5.60 Å². The number of carbonyl (C=O) groups excluding carboxylic acids is 3. The van der Waals surface area contributed by atoms with Gasteiger partial charge in [0.1, 0.15) is 12.2 Å². The number of allylic oxidation sites excluding steroid dienone is 3. The zero-order valence-corrected chi connectivity index (χ0v) is 24.5. The first-order valence-electron chi connectivity index (χ1n) is 15.0. The average molecular weight is 564 g/mol. The Morgan fingerprint density at radius 2 is 1.93 bits per heavy atom. The highest BCUT2D eigenvalue weighted by Crippen LogP contribution is 2.45. The van der Waals surface area contributed by atoms with Crippen LogP contribution in [0.4, 0.5) is 0 Å². The predicted octanol–water partition coefficient (Wildman–Crippen LogP) is 3.33. The Kier molecular flexibility index (Phi) is 11.4. The number of esters is 2. The number of aliphatic hydroxyl groups is 3. The molecule has 4 aliphatic rings. The second-order valence-electron chi connectivity index (χ2n) is 12.4. The summed E-state index contributed by atoms with van der Waals surface area (Å²) in [5.74, 6) is -0.0603. The SMILES string of the molecule is CC[C@H](C)C(=O)O[C@H]1C[C@@H](C)C=C2C=C[C@H](C)[C@H](CC[C@H]3C[C@@H](O)CC(=O)O3)[C@H]21.NC(=O)C1(O)CCCCC1O. The maximum atomic E-state index is 12.5.